The smallest absolute Gasteiger partial charge is 0.325 e. The predicted molar refractivity (Wildman–Crippen MR) is 110 cm³/mol. The molecule has 1 atom stereocenters. The van der Waals surface area contributed by atoms with Gasteiger partial charge < -0.3 is 15.4 Å². The summed E-state index contributed by atoms with van der Waals surface area (Å²) in [6.45, 7) is 3.47. The fourth-order valence-electron chi connectivity index (χ4n) is 3.63. The Balaban J connectivity index is 1.81. The molecular weight excluding hydrogens is 370 g/mol. The van der Waals surface area contributed by atoms with Gasteiger partial charge in [-0.2, -0.15) is 0 Å². The van der Waals surface area contributed by atoms with Gasteiger partial charge in [-0.15, -0.1) is 0 Å². The summed E-state index contributed by atoms with van der Waals surface area (Å²) in [5.74, 6) is -0.384. The van der Waals surface area contributed by atoms with Crippen LogP contribution in [-0.2, 0) is 15.1 Å². The molecule has 29 heavy (non-hydrogen) atoms. The highest BCUT2D eigenvalue weighted by atomic mass is 16.5. The molecule has 0 spiro atoms. The molecule has 1 heterocycles. The summed E-state index contributed by atoms with van der Waals surface area (Å²) in [5, 5.41) is 5.55. The van der Waals surface area contributed by atoms with Crippen molar-refractivity contribution in [1.29, 1.82) is 0 Å². The Morgan fingerprint density at radius 1 is 1.17 bits per heavy atom. The van der Waals surface area contributed by atoms with Crippen molar-refractivity contribution in [2.45, 2.75) is 32.2 Å². The number of nitrogens with zero attached hydrogens (tertiary/aromatic N) is 1. The monoisotopic (exact) mass is 395 g/mol. The lowest BCUT2D eigenvalue weighted by Gasteiger charge is -2.26. The molecule has 3 rings (SSSR count). The summed E-state index contributed by atoms with van der Waals surface area (Å²) in [4.78, 5) is 39.4. The number of hydrogen-bond donors (Lipinski definition) is 2. The normalized spacial score (nSPS) is 18.5. The predicted octanol–water partition coefficient (Wildman–Crippen LogP) is 3.19. The molecular formula is C22H25N3O4. The van der Waals surface area contributed by atoms with Crippen molar-refractivity contribution in [1.82, 2.24) is 10.2 Å². The van der Waals surface area contributed by atoms with Crippen molar-refractivity contribution in [3.05, 3.63) is 59.7 Å². The number of anilines is 1. The third-order valence-corrected chi connectivity index (χ3v) is 5.00. The number of aryl methyl sites for hydroxylation is 1. The van der Waals surface area contributed by atoms with E-state index in [-0.39, 0.29) is 6.54 Å². The lowest BCUT2D eigenvalue weighted by molar-refractivity contribution is -0.134. The van der Waals surface area contributed by atoms with Crippen LogP contribution < -0.4 is 15.4 Å². The number of ether oxygens (including phenoxy) is 1. The zero-order valence-electron chi connectivity index (χ0n) is 16.8. The highest BCUT2D eigenvalue weighted by Gasteiger charge is 2.52. The molecule has 2 aromatic carbocycles. The van der Waals surface area contributed by atoms with Crippen LogP contribution >= 0.6 is 0 Å². The molecule has 1 aliphatic heterocycles. The summed E-state index contributed by atoms with van der Waals surface area (Å²) >= 11 is 0. The summed E-state index contributed by atoms with van der Waals surface area (Å²) in [5.41, 5.74) is 1.01. The van der Waals surface area contributed by atoms with Gasteiger partial charge in [0.15, 0.2) is 0 Å². The quantitative estimate of drug-likeness (QED) is 0.705. The molecule has 1 fully saturated rings. The average Bonchev–Trinajstić information content (AvgIpc) is 2.94. The SMILES string of the molecule is CCC[C@@]1(c2ccccc2)NC(=O)N(CC(=O)Nc2cc(C)ccc2OC)C1=O. The topological polar surface area (TPSA) is 87.7 Å². The van der Waals surface area contributed by atoms with Crippen LogP contribution in [0.4, 0.5) is 10.5 Å². The third kappa shape index (κ3) is 3.94. The van der Waals surface area contributed by atoms with Gasteiger partial charge in [0.1, 0.15) is 17.8 Å². The van der Waals surface area contributed by atoms with Crippen LogP contribution in [-0.4, -0.2) is 36.4 Å². The van der Waals surface area contributed by atoms with Crippen molar-refractivity contribution in [2.75, 3.05) is 19.0 Å². The van der Waals surface area contributed by atoms with Gasteiger partial charge in [-0.05, 0) is 36.6 Å². The van der Waals surface area contributed by atoms with Gasteiger partial charge in [0.2, 0.25) is 5.91 Å². The molecule has 0 saturated carbocycles. The Morgan fingerprint density at radius 2 is 1.90 bits per heavy atom. The molecule has 2 N–H and O–H groups in total. The zero-order chi connectivity index (χ0) is 21.0. The van der Waals surface area contributed by atoms with E-state index in [1.807, 2.05) is 50.2 Å². The van der Waals surface area contributed by atoms with Crippen LogP contribution in [0.3, 0.4) is 0 Å². The van der Waals surface area contributed by atoms with Crippen molar-refractivity contribution in [3.63, 3.8) is 0 Å². The van der Waals surface area contributed by atoms with Gasteiger partial charge in [0.05, 0.1) is 12.8 Å². The van der Waals surface area contributed by atoms with Crippen LogP contribution in [0, 0.1) is 6.92 Å². The minimum absolute atomic E-state index is 0.375. The number of hydrogen-bond acceptors (Lipinski definition) is 4. The number of imide groups is 1. The van der Waals surface area contributed by atoms with Gasteiger partial charge in [-0.1, -0.05) is 49.7 Å². The van der Waals surface area contributed by atoms with Crippen LogP contribution in [0.1, 0.15) is 30.9 Å². The van der Waals surface area contributed by atoms with Gasteiger partial charge in [0.25, 0.3) is 5.91 Å². The van der Waals surface area contributed by atoms with E-state index in [1.165, 1.54) is 7.11 Å². The summed E-state index contributed by atoms with van der Waals surface area (Å²) < 4.78 is 5.26. The molecule has 152 valence electrons. The Bertz CT molecular complexity index is 929. The second kappa shape index (κ2) is 8.34. The maximum absolute atomic E-state index is 13.2. The van der Waals surface area contributed by atoms with Crippen LogP contribution in [0.5, 0.6) is 5.75 Å². The maximum atomic E-state index is 13.2. The molecule has 1 aliphatic rings. The number of nitrogens with one attached hydrogen (secondary N) is 2. The summed E-state index contributed by atoms with van der Waals surface area (Å²) in [7, 11) is 1.51. The Hall–Kier alpha value is -3.35. The first-order chi connectivity index (χ1) is 13.9. The number of benzene rings is 2. The summed E-state index contributed by atoms with van der Waals surface area (Å²) in [6, 6.07) is 13.9. The number of amides is 4. The maximum Gasteiger partial charge on any atom is 0.325 e. The Morgan fingerprint density at radius 3 is 2.55 bits per heavy atom. The van der Waals surface area contributed by atoms with Crippen LogP contribution in [0.2, 0.25) is 0 Å². The molecule has 2 aromatic rings. The van der Waals surface area contributed by atoms with E-state index in [0.717, 1.165) is 10.5 Å². The van der Waals surface area contributed by atoms with Crippen molar-refractivity contribution in [3.8, 4) is 5.75 Å². The van der Waals surface area contributed by atoms with E-state index in [4.69, 9.17) is 4.74 Å². The van der Waals surface area contributed by atoms with E-state index in [2.05, 4.69) is 10.6 Å². The second-order valence-corrected chi connectivity index (χ2v) is 7.09. The standard InChI is InChI=1S/C22H25N3O4/c1-4-12-22(16-8-6-5-7-9-16)20(27)25(21(28)24-22)14-19(26)23-17-13-15(2)10-11-18(17)29-3/h5-11,13H,4,12,14H2,1-3H3,(H,23,26)(H,24,28)/t22-/m0/s1. The largest absolute Gasteiger partial charge is 0.495 e. The number of methoxy groups -OCH3 is 1. The van der Waals surface area contributed by atoms with Gasteiger partial charge in [-0.25, -0.2) is 4.79 Å². The Labute approximate surface area is 170 Å². The van der Waals surface area contributed by atoms with Crippen molar-refractivity contribution >= 4 is 23.5 Å². The van der Waals surface area contributed by atoms with E-state index in [0.29, 0.717) is 29.8 Å². The second-order valence-electron chi connectivity index (χ2n) is 7.09. The molecule has 7 nitrogen and oxygen atoms in total. The average molecular weight is 395 g/mol. The van der Waals surface area contributed by atoms with E-state index >= 15 is 0 Å². The number of urea groups is 1. The van der Waals surface area contributed by atoms with Crippen LogP contribution in [0.25, 0.3) is 0 Å². The van der Waals surface area contributed by atoms with E-state index in [1.54, 1.807) is 12.1 Å². The molecule has 0 aliphatic carbocycles. The molecule has 7 heteroatoms. The lowest BCUT2D eigenvalue weighted by Crippen LogP contribution is -2.44. The number of carbonyl (C=O) groups excluding carboxylic acids is 3. The molecule has 1 saturated heterocycles. The molecule has 0 radical (unpaired) electrons. The number of carbonyl (C=O) groups is 3. The summed E-state index contributed by atoms with van der Waals surface area (Å²) in [6.07, 6.45) is 1.15. The molecule has 0 unspecified atom stereocenters. The minimum Gasteiger partial charge on any atom is -0.495 e. The Kier molecular flexibility index (Phi) is 5.87. The first kappa shape index (κ1) is 20.4. The van der Waals surface area contributed by atoms with Gasteiger partial charge in [0, 0.05) is 0 Å². The molecule has 0 bridgehead atoms. The third-order valence-electron chi connectivity index (χ3n) is 5.00. The van der Waals surface area contributed by atoms with Crippen molar-refractivity contribution in [2.24, 2.45) is 0 Å². The van der Waals surface area contributed by atoms with Crippen LogP contribution in [0.15, 0.2) is 48.5 Å². The van der Waals surface area contributed by atoms with Gasteiger partial charge in [-0.3, -0.25) is 14.5 Å². The number of rotatable bonds is 7. The minimum atomic E-state index is -1.14. The van der Waals surface area contributed by atoms with Gasteiger partial charge >= 0.3 is 6.03 Å². The first-order valence-corrected chi connectivity index (χ1v) is 9.55. The fraction of sp³-hybridized carbons (Fsp3) is 0.318. The molecule has 4 amide bonds. The van der Waals surface area contributed by atoms with E-state index < -0.39 is 23.4 Å². The van der Waals surface area contributed by atoms with Crippen molar-refractivity contribution < 1.29 is 19.1 Å². The first-order valence-electron chi connectivity index (χ1n) is 9.55. The highest BCUT2D eigenvalue weighted by Crippen LogP contribution is 2.33. The highest BCUT2D eigenvalue weighted by molar-refractivity contribution is 6.10. The lowest BCUT2D eigenvalue weighted by atomic mass is 9.85. The molecule has 0 aromatic heterocycles. The zero-order valence-corrected chi connectivity index (χ0v) is 16.8. The van der Waals surface area contributed by atoms with E-state index in [9.17, 15) is 14.4 Å². The fourth-order valence-corrected chi connectivity index (χ4v) is 3.63.